The molecule has 336 valence electrons. The molecule has 1 aliphatic heterocycles. The van der Waals surface area contributed by atoms with Crippen molar-refractivity contribution in [1.29, 1.82) is 0 Å². The largest absolute Gasteiger partial charge is 0.575 e. The molecule has 5 aromatic rings. The Morgan fingerprint density at radius 3 is 2.33 bits per heavy atom. The number of anilines is 1. The molecule has 2 amide bonds. The Hall–Kier alpha value is -6.55. The average molecular weight is 929 g/mol. The van der Waals surface area contributed by atoms with E-state index in [1.807, 2.05) is 24.3 Å². The summed E-state index contributed by atoms with van der Waals surface area (Å²) in [6.07, 6.45) is -1.86. The predicted molar refractivity (Wildman–Crippen MR) is 215 cm³/mol. The van der Waals surface area contributed by atoms with Crippen molar-refractivity contribution in [3.8, 4) is 16.9 Å². The van der Waals surface area contributed by atoms with Gasteiger partial charge in [0.2, 0.25) is 5.91 Å². The number of nitrogens with one attached hydrogen (secondary N) is 3. The van der Waals surface area contributed by atoms with Gasteiger partial charge in [0.25, 0.3) is 11.5 Å². The van der Waals surface area contributed by atoms with Crippen molar-refractivity contribution in [3.05, 3.63) is 117 Å². The summed E-state index contributed by atoms with van der Waals surface area (Å²) < 4.78 is 71.3. The minimum Gasteiger partial charge on any atom is -0.481 e. The fourth-order valence-electron chi connectivity index (χ4n) is 5.88. The quantitative estimate of drug-likeness (QED) is 0.0984. The average Bonchev–Trinajstić information content (AvgIpc) is 3.63. The fraction of sp³-hybridized carbons (Fsp3) is 0.308. The number of hydrogen-bond donors (Lipinski definition) is 4. The molecular weight excluding hydrogens is 891 g/mol. The first-order valence-electron chi connectivity index (χ1n) is 18.5. The lowest BCUT2D eigenvalue weighted by Gasteiger charge is -2.23. The van der Waals surface area contributed by atoms with Gasteiger partial charge >= 0.3 is 24.5 Å². The predicted octanol–water partition coefficient (Wildman–Crippen LogP) is 6.78. The van der Waals surface area contributed by atoms with Crippen molar-refractivity contribution in [1.82, 2.24) is 40.2 Å². The number of ether oxygens (including phenoxy) is 1. The Morgan fingerprint density at radius 1 is 0.984 bits per heavy atom. The number of aromatic nitrogens is 6. The maximum Gasteiger partial charge on any atom is 0.575 e. The van der Waals surface area contributed by atoms with Gasteiger partial charge in [-0.25, -0.2) is 9.67 Å². The molecule has 0 saturated carbocycles. The van der Waals surface area contributed by atoms with E-state index in [1.54, 1.807) is 53.6 Å². The number of carbonyl (C=O) groups excluding carboxylic acids is 3. The second kappa shape index (κ2) is 22.5. The highest BCUT2D eigenvalue weighted by atomic mass is 35.5. The van der Waals surface area contributed by atoms with E-state index in [0.717, 1.165) is 24.8 Å². The highest BCUT2D eigenvalue weighted by Gasteiger charge is 2.32. The van der Waals surface area contributed by atoms with E-state index in [1.165, 1.54) is 16.9 Å². The summed E-state index contributed by atoms with van der Waals surface area (Å²) in [5.74, 6) is -3.74. The molecule has 0 saturated heterocycles. The van der Waals surface area contributed by atoms with Crippen LogP contribution in [0.25, 0.3) is 16.9 Å². The Morgan fingerprint density at radius 2 is 1.75 bits per heavy atom. The third-order valence-corrected chi connectivity index (χ3v) is 8.91. The van der Waals surface area contributed by atoms with Gasteiger partial charge in [-0.3, -0.25) is 33.5 Å². The van der Waals surface area contributed by atoms with Crippen LogP contribution in [0, 0.1) is 0 Å². The van der Waals surface area contributed by atoms with Crippen LogP contribution in [0.4, 0.5) is 32.0 Å². The van der Waals surface area contributed by atoms with E-state index in [0.29, 0.717) is 53.1 Å². The topological polar surface area (TPSA) is 212 Å². The normalized spacial score (nSPS) is 15.5. The van der Waals surface area contributed by atoms with Crippen LogP contribution in [0.3, 0.4) is 0 Å². The zero-order valence-corrected chi connectivity index (χ0v) is 34.3. The molecule has 0 unspecified atom stereocenters. The van der Waals surface area contributed by atoms with Crippen LogP contribution in [-0.2, 0) is 19.1 Å². The Balaban J connectivity index is 0.000000463. The molecule has 4 heterocycles. The van der Waals surface area contributed by atoms with Gasteiger partial charge in [0, 0.05) is 54.7 Å². The van der Waals surface area contributed by atoms with E-state index in [9.17, 15) is 50.3 Å². The monoisotopic (exact) mass is 927 g/mol. The highest BCUT2D eigenvalue weighted by Crippen LogP contribution is 2.30. The first-order chi connectivity index (χ1) is 29.7. The summed E-state index contributed by atoms with van der Waals surface area (Å²) in [7, 11) is 0. The van der Waals surface area contributed by atoms with Gasteiger partial charge in [-0.05, 0) is 60.9 Å². The molecule has 3 aromatic heterocycles. The van der Waals surface area contributed by atoms with E-state index in [4.69, 9.17) is 28.3 Å². The molecule has 6 rings (SSSR count). The van der Waals surface area contributed by atoms with Crippen LogP contribution in [0.1, 0.15) is 61.0 Å². The molecule has 0 aliphatic carbocycles. The van der Waals surface area contributed by atoms with Gasteiger partial charge in [-0.1, -0.05) is 53.4 Å². The lowest BCUT2D eigenvalue weighted by Crippen LogP contribution is -2.47. The molecule has 24 heteroatoms. The van der Waals surface area contributed by atoms with Gasteiger partial charge in [0.1, 0.15) is 12.5 Å². The maximum atomic E-state index is 13.8. The molecule has 2 bridgehead atoms. The number of pyridine rings is 1. The van der Waals surface area contributed by atoms with E-state index in [2.05, 4.69) is 41.0 Å². The minimum absolute atomic E-state index is 0.0599. The van der Waals surface area contributed by atoms with Crippen LogP contribution in [-0.4, -0.2) is 90.1 Å². The fourth-order valence-corrected chi connectivity index (χ4v) is 6.18. The van der Waals surface area contributed by atoms with Crippen LogP contribution in [0.15, 0.2) is 90.4 Å². The van der Waals surface area contributed by atoms with Gasteiger partial charge < -0.3 is 25.8 Å². The van der Waals surface area contributed by atoms with Gasteiger partial charge in [-0.2, -0.15) is 13.2 Å². The zero-order valence-electron chi connectivity index (χ0n) is 32.8. The van der Waals surface area contributed by atoms with Crippen LogP contribution < -0.4 is 21.5 Å². The van der Waals surface area contributed by atoms with Crippen LogP contribution in [0.5, 0.6) is 0 Å². The van der Waals surface area contributed by atoms with E-state index in [-0.39, 0.29) is 35.1 Å². The smallest absolute Gasteiger partial charge is 0.481 e. The van der Waals surface area contributed by atoms with Crippen LogP contribution in [0.2, 0.25) is 10.2 Å². The SMILES string of the molecule is CC(=O)OC(F)(F)F.O=C(NC[C@H]1Nc2cccc(c2)[C@@H](n2cnc(-c3cc(Cl)ccc3-n3cc(Cl)nn3)cc2=O)CCCCCNC1=O)c1cccnc1.O=C(O)CC(F)(F)F. The van der Waals surface area contributed by atoms with Crippen molar-refractivity contribution in [2.24, 2.45) is 0 Å². The maximum absolute atomic E-state index is 13.8. The Bertz CT molecular complexity index is 2390. The van der Waals surface area contributed by atoms with Crippen molar-refractivity contribution in [2.75, 3.05) is 18.4 Å². The number of aliphatic carboxylic acids is 1. The number of rotatable bonds is 7. The molecule has 0 spiro atoms. The van der Waals surface area contributed by atoms with E-state index >= 15 is 0 Å². The minimum atomic E-state index is -4.83. The van der Waals surface area contributed by atoms with Crippen molar-refractivity contribution in [2.45, 2.75) is 63.7 Å². The summed E-state index contributed by atoms with van der Waals surface area (Å²) in [6, 6.07) is 16.6. The lowest BCUT2D eigenvalue weighted by molar-refractivity contribution is -0.304. The lowest BCUT2D eigenvalue weighted by atomic mass is 9.99. The van der Waals surface area contributed by atoms with Gasteiger partial charge in [-0.15, -0.1) is 18.3 Å². The first kappa shape index (κ1) is 49.1. The highest BCUT2D eigenvalue weighted by molar-refractivity contribution is 6.31. The van der Waals surface area contributed by atoms with Crippen molar-refractivity contribution < 1.29 is 55.4 Å². The second-order valence-corrected chi connectivity index (χ2v) is 14.1. The summed E-state index contributed by atoms with van der Waals surface area (Å²) in [4.78, 5) is 67.1. The number of carbonyl (C=O) groups is 4. The molecule has 4 N–H and O–H groups in total. The molecule has 1 aliphatic rings. The Labute approximate surface area is 363 Å². The standard InChI is InChI=1S/C33H31Cl2N9O3.2C3H3F3O2/c34-23-10-11-29(44-19-30(35)41-42-44)25(15-23)26-16-31(45)43(20-39-26)28-9-2-1-3-13-37-33(47)27(40-24-8-4-6-21(28)14-24)18-38-32(46)22-7-5-12-36-17-22;1-2(7)8-3(4,5)6;4-3(5,6)1-2(7)8/h4-8,10-12,14-17,19-20,27-28,40H,1-3,9,13,18H2,(H,37,47)(H,38,46);1H3;1H2,(H,7,8)/t27-,28+;;/m1../s1. The molecule has 0 radical (unpaired) electrons. The third kappa shape index (κ3) is 16.3. The molecule has 2 atom stereocenters. The zero-order chi connectivity index (χ0) is 46.3. The molecule has 63 heavy (non-hydrogen) atoms. The molecule has 2 aromatic carbocycles. The third-order valence-electron chi connectivity index (χ3n) is 8.50. The number of alkyl halides is 6. The number of halogens is 8. The summed E-state index contributed by atoms with van der Waals surface area (Å²) in [6.45, 7) is 1.24. The molecule has 0 fully saturated rings. The number of benzene rings is 2. The molecular formula is C39H37Cl2F6N9O7. The van der Waals surface area contributed by atoms with Crippen molar-refractivity contribution >= 4 is 52.6 Å². The number of carboxylic acid groups (broad SMARTS) is 1. The van der Waals surface area contributed by atoms with Gasteiger partial charge in [0.15, 0.2) is 5.15 Å². The number of nitrogens with zero attached hydrogens (tertiary/aromatic N) is 6. The second-order valence-electron chi connectivity index (χ2n) is 13.3. The Kier molecular flexibility index (Phi) is 17.6. The molecule has 16 nitrogen and oxygen atoms in total. The summed E-state index contributed by atoms with van der Waals surface area (Å²) in [5, 5.41) is 25.2. The first-order valence-corrected chi connectivity index (χ1v) is 19.3. The number of carboxylic acids is 1. The summed E-state index contributed by atoms with van der Waals surface area (Å²) >= 11 is 12.3. The summed E-state index contributed by atoms with van der Waals surface area (Å²) in [5.41, 5.74) is 3.37. The van der Waals surface area contributed by atoms with Gasteiger partial charge in [0.05, 0.1) is 35.5 Å². The number of fused-ring (bicyclic) bond motifs is 2. The number of hydrogen-bond acceptors (Lipinski definition) is 11. The van der Waals surface area contributed by atoms with Crippen molar-refractivity contribution in [3.63, 3.8) is 0 Å². The van der Waals surface area contributed by atoms with E-state index < -0.39 is 36.9 Å². The number of esters is 1. The van der Waals surface area contributed by atoms with Crippen LogP contribution >= 0.6 is 23.2 Å². The number of amides is 2.